The van der Waals surface area contributed by atoms with Gasteiger partial charge in [-0.3, -0.25) is 0 Å². The standard InChI is InChI=1S/C14H22N2O3S/c1-3-11-10-14(11)16-20(17,18)13-6-4-12(5-7-13)19-9-8-15-2/h4-7,11,14-16H,3,8-10H2,1-2H3. The van der Waals surface area contributed by atoms with E-state index in [4.69, 9.17) is 4.74 Å². The Morgan fingerprint density at radius 3 is 2.55 bits per heavy atom. The smallest absolute Gasteiger partial charge is 0.240 e. The number of rotatable bonds is 8. The molecule has 0 aromatic heterocycles. The minimum absolute atomic E-state index is 0.108. The largest absolute Gasteiger partial charge is 0.492 e. The van der Waals surface area contributed by atoms with Gasteiger partial charge in [0, 0.05) is 12.6 Å². The minimum atomic E-state index is -3.40. The molecule has 20 heavy (non-hydrogen) atoms. The number of nitrogens with one attached hydrogen (secondary N) is 2. The Morgan fingerprint density at radius 1 is 1.30 bits per heavy atom. The van der Waals surface area contributed by atoms with Gasteiger partial charge in [-0.1, -0.05) is 13.3 Å². The molecule has 1 aliphatic rings. The van der Waals surface area contributed by atoms with Gasteiger partial charge in [-0.15, -0.1) is 0 Å². The molecular weight excluding hydrogens is 276 g/mol. The monoisotopic (exact) mass is 298 g/mol. The van der Waals surface area contributed by atoms with E-state index in [0.717, 1.165) is 19.4 Å². The number of ether oxygens (including phenoxy) is 1. The molecule has 2 unspecified atom stereocenters. The fourth-order valence-electron chi connectivity index (χ4n) is 2.10. The Hall–Kier alpha value is -1.11. The summed E-state index contributed by atoms with van der Waals surface area (Å²) in [5, 5.41) is 2.98. The van der Waals surface area contributed by atoms with Crippen molar-refractivity contribution in [2.45, 2.75) is 30.7 Å². The van der Waals surface area contributed by atoms with Gasteiger partial charge < -0.3 is 10.1 Å². The zero-order valence-corrected chi connectivity index (χ0v) is 12.7. The molecule has 0 aliphatic heterocycles. The highest BCUT2D eigenvalue weighted by Gasteiger charge is 2.38. The molecule has 0 amide bonds. The zero-order chi connectivity index (χ0) is 14.6. The lowest BCUT2D eigenvalue weighted by Gasteiger charge is -2.08. The maximum absolute atomic E-state index is 12.2. The third-order valence-electron chi connectivity index (χ3n) is 3.51. The molecule has 112 valence electrons. The quantitative estimate of drug-likeness (QED) is 0.711. The second-order valence-electron chi connectivity index (χ2n) is 5.06. The summed E-state index contributed by atoms with van der Waals surface area (Å²) in [6, 6.07) is 6.65. The van der Waals surface area contributed by atoms with Crippen LogP contribution in [0, 0.1) is 5.92 Å². The number of hydrogen-bond acceptors (Lipinski definition) is 4. The molecule has 2 rings (SSSR count). The van der Waals surface area contributed by atoms with E-state index in [1.807, 2.05) is 7.05 Å². The average Bonchev–Trinajstić information content (AvgIpc) is 3.17. The van der Waals surface area contributed by atoms with E-state index in [9.17, 15) is 8.42 Å². The molecule has 0 radical (unpaired) electrons. The Bertz CT molecular complexity index is 528. The molecule has 1 saturated carbocycles. The second kappa shape index (κ2) is 6.56. The third kappa shape index (κ3) is 3.94. The van der Waals surface area contributed by atoms with Crippen LogP contribution in [0.3, 0.4) is 0 Å². The van der Waals surface area contributed by atoms with Crippen LogP contribution in [0.1, 0.15) is 19.8 Å². The average molecular weight is 298 g/mol. The third-order valence-corrected chi connectivity index (χ3v) is 5.01. The first kappa shape index (κ1) is 15.3. The molecule has 0 bridgehead atoms. The van der Waals surface area contributed by atoms with E-state index in [1.54, 1.807) is 24.3 Å². The molecule has 0 saturated heterocycles. The highest BCUT2D eigenvalue weighted by molar-refractivity contribution is 7.89. The summed E-state index contributed by atoms with van der Waals surface area (Å²) in [6.45, 7) is 3.39. The van der Waals surface area contributed by atoms with Crippen molar-refractivity contribution in [1.29, 1.82) is 0 Å². The van der Waals surface area contributed by atoms with E-state index in [-0.39, 0.29) is 6.04 Å². The summed E-state index contributed by atoms with van der Waals surface area (Å²) in [4.78, 5) is 0.292. The van der Waals surface area contributed by atoms with Crippen molar-refractivity contribution in [2.24, 2.45) is 5.92 Å². The minimum Gasteiger partial charge on any atom is -0.492 e. The number of likely N-dealkylation sites (N-methyl/N-ethyl adjacent to an activating group) is 1. The number of benzene rings is 1. The molecular formula is C14H22N2O3S. The first-order valence-electron chi connectivity index (χ1n) is 6.96. The summed E-state index contributed by atoms with van der Waals surface area (Å²) >= 11 is 0. The normalized spacial score (nSPS) is 21.7. The van der Waals surface area contributed by atoms with Gasteiger partial charge in [0.05, 0.1) is 4.90 Å². The van der Waals surface area contributed by atoms with Gasteiger partial charge in [-0.25, -0.2) is 13.1 Å². The van der Waals surface area contributed by atoms with E-state index in [1.165, 1.54) is 0 Å². The first-order valence-corrected chi connectivity index (χ1v) is 8.45. The van der Waals surface area contributed by atoms with Gasteiger partial charge in [-0.05, 0) is 43.7 Å². The molecule has 2 atom stereocenters. The van der Waals surface area contributed by atoms with Crippen LogP contribution < -0.4 is 14.8 Å². The lowest BCUT2D eigenvalue weighted by Crippen LogP contribution is -2.27. The van der Waals surface area contributed by atoms with Gasteiger partial charge in [0.2, 0.25) is 10.0 Å². The lowest BCUT2D eigenvalue weighted by atomic mass is 10.3. The predicted molar refractivity (Wildman–Crippen MR) is 78.4 cm³/mol. The molecule has 1 aromatic rings. The molecule has 1 fully saturated rings. The molecule has 0 heterocycles. The lowest BCUT2D eigenvalue weighted by molar-refractivity contribution is 0.318. The van der Waals surface area contributed by atoms with Crippen molar-refractivity contribution in [3.63, 3.8) is 0 Å². The molecule has 6 heteroatoms. The van der Waals surface area contributed by atoms with Gasteiger partial charge in [0.15, 0.2) is 0 Å². The summed E-state index contributed by atoms with van der Waals surface area (Å²) in [5.41, 5.74) is 0. The first-order chi connectivity index (χ1) is 9.56. The van der Waals surface area contributed by atoms with Crippen molar-refractivity contribution in [2.75, 3.05) is 20.2 Å². The maximum Gasteiger partial charge on any atom is 0.240 e. The van der Waals surface area contributed by atoms with Gasteiger partial charge in [0.1, 0.15) is 12.4 Å². The van der Waals surface area contributed by atoms with Crippen molar-refractivity contribution < 1.29 is 13.2 Å². The van der Waals surface area contributed by atoms with E-state index < -0.39 is 10.0 Å². The highest BCUT2D eigenvalue weighted by Crippen LogP contribution is 2.34. The van der Waals surface area contributed by atoms with Crippen LogP contribution in [0.5, 0.6) is 5.75 Å². The van der Waals surface area contributed by atoms with Crippen LogP contribution in [-0.4, -0.2) is 34.7 Å². The van der Waals surface area contributed by atoms with Crippen LogP contribution in [0.25, 0.3) is 0 Å². The summed E-state index contributed by atoms with van der Waals surface area (Å²) < 4.78 is 32.5. The molecule has 5 nitrogen and oxygen atoms in total. The topological polar surface area (TPSA) is 67.4 Å². The Kier molecular flexibility index (Phi) is 5.01. The fraction of sp³-hybridized carbons (Fsp3) is 0.571. The number of hydrogen-bond donors (Lipinski definition) is 2. The second-order valence-corrected chi connectivity index (χ2v) is 6.77. The van der Waals surface area contributed by atoms with Crippen molar-refractivity contribution >= 4 is 10.0 Å². The molecule has 1 aliphatic carbocycles. The fourth-order valence-corrected chi connectivity index (χ4v) is 3.41. The SMILES string of the molecule is CCC1CC1NS(=O)(=O)c1ccc(OCCNC)cc1. The van der Waals surface area contributed by atoms with E-state index in [2.05, 4.69) is 17.0 Å². The Morgan fingerprint density at radius 2 is 2.00 bits per heavy atom. The predicted octanol–water partition coefficient (Wildman–Crippen LogP) is 1.36. The van der Waals surface area contributed by atoms with Crippen LogP contribution in [0.15, 0.2) is 29.2 Å². The summed E-state index contributed by atoms with van der Waals surface area (Å²) in [7, 11) is -1.55. The molecule has 1 aromatic carbocycles. The van der Waals surface area contributed by atoms with Crippen LogP contribution >= 0.6 is 0 Å². The van der Waals surface area contributed by atoms with Crippen LogP contribution in [0.2, 0.25) is 0 Å². The molecule has 2 N–H and O–H groups in total. The van der Waals surface area contributed by atoms with Crippen molar-refractivity contribution in [1.82, 2.24) is 10.0 Å². The van der Waals surface area contributed by atoms with Gasteiger partial charge in [-0.2, -0.15) is 0 Å². The highest BCUT2D eigenvalue weighted by atomic mass is 32.2. The van der Waals surface area contributed by atoms with Gasteiger partial charge >= 0.3 is 0 Å². The van der Waals surface area contributed by atoms with Crippen molar-refractivity contribution in [3.8, 4) is 5.75 Å². The van der Waals surface area contributed by atoms with Crippen LogP contribution in [0.4, 0.5) is 0 Å². The van der Waals surface area contributed by atoms with E-state index in [0.29, 0.717) is 23.2 Å². The Balaban J connectivity index is 1.94. The summed E-state index contributed by atoms with van der Waals surface area (Å²) in [6.07, 6.45) is 1.96. The zero-order valence-electron chi connectivity index (χ0n) is 11.9. The van der Waals surface area contributed by atoms with E-state index >= 15 is 0 Å². The number of sulfonamides is 1. The molecule has 0 spiro atoms. The van der Waals surface area contributed by atoms with Crippen LogP contribution in [-0.2, 0) is 10.0 Å². The van der Waals surface area contributed by atoms with Crippen molar-refractivity contribution in [3.05, 3.63) is 24.3 Å². The van der Waals surface area contributed by atoms with Gasteiger partial charge in [0.25, 0.3) is 0 Å². The summed E-state index contributed by atoms with van der Waals surface area (Å²) in [5.74, 6) is 1.17. The Labute approximate surface area is 120 Å². The maximum atomic E-state index is 12.2.